The molecule has 1 unspecified atom stereocenters. The van der Waals surface area contributed by atoms with E-state index in [1.165, 1.54) is 29.6 Å². The molecule has 0 radical (unpaired) electrons. The number of halogens is 1. The van der Waals surface area contributed by atoms with Crippen LogP contribution in [0.3, 0.4) is 0 Å². The van der Waals surface area contributed by atoms with Crippen molar-refractivity contribution in [2.24, 2.45) is 4.36 Å². The number of anilines is 1. The minimum atomic E-state index is -2.79. The van der Waals surface area contributed by atoms with Crippen molar-refractivity contribution < 1.29 is 13.8 Å². The van der Waals surface area contributed by atoms with Crippen molar-refractivity contribution in [2.45, 2.75) is 6.92 Å². The first kappa shape index (κ1) is 16.6. The fourth-order valence-electron chi connectivity index (χ4n) is 1.25. The van der Waals surface area contributed by atoms with Crippen molar-refractivity contribution in [3.05, 3.63) is 28.8 Å². The van der Waals surface area contributed by atoms with Crippen LogP contribution in [0.4, 0.5) is 5.69 Å². The van der Waals surface area contributed by atoms with Crippen LogP contribution >= 0.6 is 11.6 Å². The van der Waals surface area contributed by atoms with Gasteiger partial charge in [-0.1, -0.05) is 11.6 Å². The second-order valence-corrected chi connectivity index (χ2v) is 7.19. The maximum absolute atomic E-state index is 12.1. The largest absolute Gasteiger partial charge is 0.326 e. The molecule has 2 amide bonds. The van der Waals surface area contributed by atoms with Crippen molar-refractivity contribution in [1.82, 2.24) is 4.31 Å². The van der Waals surface area contributed by atoms with Crippen LogP contribution < -0.4 is 5.32 Å². The number of carbonyl (C=O) groups excluding carboxylic acids is 2. The zero-order chi connectivity index (χ0) is 15.5. The SMILES string of the molecule is CC(=O)Nc1ccc(Cl)c(C(=O)N=S(C)(=O)N(C)C)c1. The molecule has 0 aromatic heterocycles. The minimum absolute atomic E-state index is 0.0920. The van der Waals surface area contributed by atoms with Crippen LogP contribution in [0.2, 0.25) is 5.02 Å². The van der Waals surface area contributed by atoms with Gasteiger partial charge in [-0.2, -0.15) is 0 Å². The Kier molecular flexibility index (Phi) is 5.27. The van der Waals surface area contributed by atoms with Crippen LogP contribution in [0.1, 0.15) is 17.3 Å². The molecule has 1 aromatic carbocycles. The summed E-state index contributed by atoms with van der Waals surface area (Å²) in [5.74, 6) is -0.960. The van der Waals surface area contributed by atoms with Gasteiger partial charge in [0.05, 0.1) is 10.6 Å². The molecule has 1 atom stereocenters. The molecular formula is C12H16ClN3O3S. The zero-order valence-electron chi connectivity index (χ0n) is 11.6. The normalized spacial score (nSPS) is 13.7. The molecule has 1 aromatic rings. The monoisotopic (exact) mass is 317 g/mol. The Morgan fingerprint density at radius 2 is 1.95 bits per heavy atom. The third kappa shape index (κ3) is 4.29. The molecule has 0 spiro atoms. The highest BCUT2D eigenvalue weighted by molar-refractivity contribution is 7.90. The summed E-state index contributed by atoms with van der Waals surface area (Å²) in [6.45, 7) is 1.35. The van der Waals surface area contributed by atoms with E-state index in [0.29, 0.717) is 5.69 Å². The Bertz CT molecular complexity index is 664. The molecule has 0 bridgehead atoms. The molecule has 0 aliphatic carbocycles. The van der Waals surface area contributed by atoms with Crippen LogP contribution in [0.25, 0.3) is 0 Å². The van der Waals surface area contributed by atoms with Crippen LogP contribution in [-0.4, -0.2) is 40.7 Å². The van der Waals surface area contributed by atoms with E-state index >= 15 is 0 Å². The first-order valence-electron chi connectivity index (χ1n) is 5.64. The van der Waals surface area contributed by atoms with Gasteiger partial charge in [-0.3, -0.25) is 9.59 Å². The van der Waals surface area contributed by atoms with Crippen LogP contribution in [0, 0.1) is 0 Å². The molecule has 0 fully saturated rings. The Labute approximate surface area is 123 Å². The maximum Gasteiger partial charge on any atom is 0.287 e. The lowest BCUT2D eigenvalue weighted by molar-refractivity contribution is -0.114. The van der Waals surface area contributed by atoms with Gasteiger partial charge in [0, 0.05) is 33.0 Å². The molecule has 0 aliphatic heterocycles. The lowest BCUT2D eigenvalue weighted by Gasteiger charge is -2.11. The van der Waals surface area contributed by atoms with Gasteiger partial charge in [-0.25, -0.2) is 8.51 Å². The first-order valence-corrected chi connectivity index (χ1v) is 7.90. The number of carbonyl (C=O) groups is 2. The fourth-order valence-corrected chi connectivity index (χ4v) is 2.02. The predicted molar refractivity (Wildman–Crippen MR) is 80.3 cm³/mol. The predicted octanol–water partition coefficient (Wildman–Crippen LogP) is 2.01. The summed E-state index contributed by atoms with van der Waals surface area (Å²) in [5.41, 5.74) is 0.516. The minimum Gasteiger partial charge on any atom is -0.326 e. The highest BCUT2D eigenvalue weighted by Gasteiger charge is 2.14. The second-order valence-electron chi connectivity index (χ2n) is 4.35. The van der Waals surface area contributed by atoms with E-state index in [1.54, 1.807) is 20.2 Å². The third-order valence-electron chi connectivity index (χ3n) is 2.45. The van der Waals surface area contributed by atoms with E-state index < -0.39 is 15.8 Å². The molecule has 0 aliphatic rings. The molecule has 0 heterocycles. The van der Waals surface area contributed by atoms with E-state index in [1.807, 2.05) is 0 Å². The van der Waals surface area contributed by atoms with Crippen molar-refractivity contribution in [3.8, 4) is 0 Å². The Balaban J connectivity index is 3.23. The molecule has 1 N–H and O–H groups in total. The quantitative estimate of drug-likeness (QED) is 0.926. The van der Waals surface area contributed by atoms with E-state index in [0.717, 1.165) is 0 Å². The van der Waals surface area contributed by atoms with Gasteiger partial charge in [0.25, 0.3) is 5.91 Å². The van der Waals surface area contributed by atoms with Crippen molar-refractivity contribution in [2.75, 3.05) is 25.7 Å². The Hall–Kier alpha value is -1.44. The number of rotatable bonds is 3. The summed E-state index contributed by atoms with van der Waals surface area (Å²) in [5, 5.41) is 2.72. The van der Waals surface area contributed by atoms with Crippen LogP contribution in [0.5, 0.6) is 0 Å². The third-order valence-corrected chi connectivity index (χ3v) is 4.64. The van der Waals surface area contributed by atoms with E-state index in [9.17, 15) is 13.8 Å². The van der Waals surface area contributed by atoms with Crippen molar-refractivity contribution in [1.29, 1.82) is 0 Å². The number of amides is 2. The lowest BCUT2D eigenvalue weighted by Crippen LogP contribution is -2.21. The molecule has 0 saturated heterocycles. The number of hydrogen-bond donors (Lipinski definition) is 1. The number of nitrogens with one attached hydrogen (secondary N) is 1. The van der Waals surface area contributed by atoms with Crippen molar-refractivity contribution >= 4 is 39.0 Å². The molecule has 0 saturated carbocycles. The molecular weight excluding hydrogens is 302 g/mol. The molecule has 20 heavy (non-hydrogen) atoms. The van der Waals surface area contributed by atoms with Gasteiger partial charge < -0.3 is 5.32 Å². The fraction of sp³-hybridized carbons (Fsp3) is 0.333. The van der Waals surface area contributed by atoms with Gasteiger partial charge in [-0.05, 0) is 18.2 Å². The average molecular weight is 318 g/mol. The molecule has 1 rings (SSSR count). The standard InChI is InChI=1S/C12H16ClN3O3S/c1-8(17)14-9-5-6-11(13)10(7-9)12(18)15-20(4,19)16(2)3/h5-7H,1-4H3,(H,14,17). The smallest absolute Gasteiger partial charge is 0.287 e. The second kappa shape index (κ2) is 6.34. The summed E-state index contributed by atoms with van der Waals surface area (Å²) in [4.78, 5) is 23.0. The summed E-state index contributed by atoms with van der Waals surface area (Å²) in [6, 6.07) is 4.44. The van der Waals surface area contributed by atoms with Crippen LogP contribution in [-0.2, 0) is 14.7 Å². The summed E-state index contributed by atoms with van der Waals surface area (Å²) in [7, 11) is 0.342. The molecule has 110 valence electrons. The summed E-state index contributed by atoms with van der Waals surface area (Å²) >= 11 is 5.94. The summed E-state index contributed by atoms with van der Waals surface area (Å²) < 4.78 is 17.1. The van der Waals surface area contributed by atoms with Crippen LogP contribution in [0.15, 0.2) is 22.6 Å². The van der Waals surface area contributed by atoms with E-state index in [-0.39, 0.29) is 16.5 Å². The average Bonchev–Trinajstić information content (AvgIpc) is 2.30. The van der Waals surface area contributed by atoms with Gasteiger partial charge >= 0.3 is 0 Å². The van der Waals surface area contributed by atoms with E-state index in [2.05, 4.69) is 9.68 Å². The molecule has 6 nitrogen and oxygen atoms in total. The Morgan fingerprint density at radius 3 is 2.45 bits per heavy atom. The number of benzene rings is 1. The highest BCUT2D eigenvalue weighted by Crippen LogP contribution is 2.22. The van der Waals surface area contributed by atoms with Gasteiger partial charge in [0.1, 0.15) is 9.92 Å². The van der Waals surface area contributed by atoms with E-state index in [4.69, 9.17) is 11.6 Å². The topological polar surface area (TPSA) is 78.8 Å². The highest BCUT2D eigenvalue weighted by atomic mass is 35.5. The number of nitrogens with zero attached hydrogens (tertiary/aromatic N) is 2. The molecule has 8 heteroatoms. The van der Waals surface area contributed by atoms with Gasteiger partial charge in [-0.15, -0.1) is 4.36 Å². The zero-order valence-corrected chi connectivity index (χ0v) is 13.2. The Morgan fingerprint density at radius 1 is 1.35 bits per heavy atom. The van der Waals surface area contributed by atoms with Gasteiger partial charge in [0.15, 0.2) is 0 Å². The maximum atomic E-state index is 12.1. The summed E-state index contributed by atoms with van der Waals surface area (Å²) in [6.07, 6.45) is 1.36. The lowest BCUT2D eigenvalue weighted by atomic mass is 10.2. The van der Waals surface area contributed by atoms with Crippen molar-refractivity contribution in [3.63, 3.8) is 0 Å². The van der Waals surface area contributed by atoms with Gasteiger partial charge in [0.2, 0.25) is 5.91 Å². The number of hydrogen-bond acceptors (Lipinski definition) is 3. The first-order chi connectivity index (χ1) is 9.13.